The fourth-order valence-electron chi connectivity index (χ4n) is 0.239. The van der Waals surface area contributed by atoms with Crippen molar-refractivity contribution in [2.24, 2.45) is 0 Å². The van der Waals surface area contributed by atoms with Crippen molar-refractivity contribution in [3.05, 3.63) is 0 Å². The van der Waals surface area contributed by atoms with Gasteiger partial charge in [-0.3, -0.25) is 0 Å². The van der Waals surface area contributed by atoms with Crippen molar-refractivity contribution >= 4 is 6.16 Å². The summed E-state index contributed by atoms with van der Waals surface area (Å²) in [5, 5.41) is 7.97. The predicted molar refractivity (Wildman–Crippen MR) is 28.6 cm³/mol. The highest BCUT2D eigenvalue weighted by molar-refractivity contribution is 5.59. The summed E-state index contributed by atoms with van der Waals surface area (Å²) < 4.78 is 8.47. The van der Waals surface area contributed by atoms with E-state index in [-0.39, 0.29) is 13.0 Å². The van der Waals surface area contributed by atoms with Crippen molar-refractivity contribution in [3.8, 4) is 6.07 Å². The minimum atomic E-state index is -0.745. The van der Waals surface area contributed by atoms with Gasteiger partial charge in [0.05, 0.1) is 19.6 Å². The Morgan fingerprint density at radius 1 is 1.78 bits per heavy atom. The molecule has 0 spiro atoms. The van der Waals surface area contributed by atoms with Gasteiger partial charge < -0.3 is 9.47 Å². The van der Waals surface area contributed by atoms with Crippen LogP contribution in [0, 0.1) is 11.3 Å². The normalized spacial score (nSPS) is 7.56. The number of rotatable bonds is 2. The van der Waals surface area contributed by atoms with Crippen molar-refractivity contribution in [3.63, 3.8) is 0 Å². The van der Waals surface area contributed by atoms with Crippen LogP contribution in [0.3, 0.4) is 0 Å². The number of hydrogen-bond donors (Lipinski definition) is 0. The zero-order chi connectivity index (χ0) is 7.11. The highest BCUT2D eigenvalue weighted by Gasteiger charge is 1.96. The standard InChI is InChI=1S/C5H7NO3/c1-8-5(7)9-4-2-3-6/h2,4H2,1H3. The smallest absolute Gasteiger partial charge is 0.438 e. The molecular formula is C5H7NO3. The molecule has 0 aromatic heterocycles. The average molecular weight is 129 g/mol. The predicted octanol–water partition coefficient (Wildman–Crippen LogP) is 0.683. The Bertz CT molecular complexity index is 127. The van der Waals surface area contributed by atoms with Gasteiger partial charge in [0.1, 0.15) is 6.61 Å². The Morgan fingerprint density at radius 2 is 2.44 bits per heavy atom. The van der Waals surface area contributed by atoms with E-state index in [2.05, 4.69) is 9.47 Å². The van der Waals surface area contributed by atoms with E-state index in [0.29, 0.717) is 0 Å². The van der Waals surface area contributed by atoms with E-state index in [9.17, 15) is 4.79 Å². The zero-order valence-electron chi connectivity index (χ0n) is 5.09. The molecule has 0 saturated carbocycles. The van der Waals surface area contributed by atoms with Crippen LogP contribution in [0.2, 0.25) is 0 Å². The third-order valence-corrected chi connectivity index (χ3v) is 0.600. The average Bonchev–Trinajstić information content (AvgIpc) is 1.89. The summed E-state index contributed by atoms with van der Waals surface area (Å²) in [4.78, 5) is 10.1. The molecule has 0 aliphatic carbocycles. The third kappa shape index (κ3) is 4.62. The Morgan fingerprint density at radius 3 is 2.89 bits per heavy atom. The van der Waals surface area contributed by atoms with Crippen LogP contribution in [-0.2, 0) is 9.47 Å². The number of nitrogens with zero attached hydrogens (tertiary/aromatic N) is 1. The Hall–Kier alpha value is -1.24. The van der Waals surface area contributed by atoms with Crippen molar-refractivity contribution in [1.29, 1.82) is 5.26 Å². The number of ether oxygens (including phenoxy) is 2. The summed E-state index contributed by atoms with van der Waals surface area (Å²) in [6, 6.07) is 1.81. The lowest BCUT2D eigenvalue weighted by atomic mass is 10.5. The number of carbonyl (C=O) groups is 1. The lowest BCUT2D eigenvalue weighted by molar-refractivity contribution is 0.0745. The van der Waals surface area contributed by atoms with Crippen LogP contribution in [0.25, 0.3) is 0 Å². The summed E-state index contributed by atoms with van der Waals surface area (Å²) in [6.07, 6.45) is -0.542. The number of hydrogen-bond acceptors (Lipinski definition) is 4. The first-order chi connectivity index (χ1) is 4.31. The number of nitriles is 1. The molecule has 0 unspecified atom stereocenters. The lowest BCUT2D eigenvalue weighted by Crippen LogP contribution is -2.04. The Balaban J connectivity index is 3.09. The van der Waals surface area contributed by atoms with Crippen LogP contribution in [0.15, 0.2) is 0 Å². The molecule has 4 nitrogen and oxygen atoms in total. The van der Waals surface area contributed by atoms with Crippen LogP contribution in [0.1, 0.15) is 6.42 Å². The van der Waals surface area contributed by atoms with E-state index in [1.54, 1.807) is 0 Å². The maximum Gasteiger partial charge on any atom is 0.508 e. The van der Waals surface area contributed by atoms with Crippen molar-refractivity contribution in [1.82, 2.24) is 0 Å². The highest BCUT2D eigenvalue weighted by atomic mass is 16.7. The SMILES string of the molecule is COC(=O)OCCC#N. The molecule has 0 radical (unpaired) electrons. The molecule has 0 atom stereocenters. The van der Waals surface area contributed by atoms with Crippen molar-refractivity contribution in [2.75, 3.05) is 13.7 Å². The summed E-state index contributed by atoms with van der Waals surface area (Å²) in [7, 11) is 1.22. The van der Waals surface area contributed by atoms with Gasteiger partial charge in [-0.25, -0.2) is 4.79 Å². The second kappa shape index (κ2) is 4.91. The third-order valence-electron chi connectivity index (χ3n) is 0.600. The van der Waals surface area contributed by atoms with E-state index < -0.39 is 6.16 Å². The van der Waals surface area contributed by atoms with Gasteiger partial charge in [0.25, 0.3) is 0 Å². The monoisotopic (exact) mass is 129 g/mol. The Labute approximate surface area is 53.0 Å². The molecule has 0 aromatic rings. The van der Waals surface area contributed by atoms with Gasteiger partial charge in [-0.15, -0.1) is 0 Å². The summed E-state index contributed by atoms with van der Waals surface area (Å²) in [6.45, 7) is 0.100. The minimum absolute atomic E-state index is 0.100. The minimum Gasteiger partial charge on any atom is -0.438 e. The molecular weight excluding hydrogens is 122 g/mol. The van der Waals surface area contributed by atoms with Gasteiger partial charge in [0.2, 0.25) is 0 Å². The fourth-order valence-corrected chi connectivity index (χ4v) is 0.239. The lowest BCUT2D eigenvalue weighted by Gasteiger charge is -1.96. The molecule has 0 aliphatic rings. The van der Waals surface area contributed by atoms with E-state index >= 15 is 0 Å². The first kappa shape index (κ1) is 7.76. The molecule has 0 fully saturated rings. The number of carbonyl (C=O) groups excluding carboxylic acids is 1. The van der Waals surface area contributed by atoms with E-state index in [0.717, 1.165) is 0 Å². The van der Waals surface area contributed by atoms with Crippen molar-refractivity contribution < 1.29 is 14.3 Å². The van der Waals surface area contributed by atoms with Crippen LogP contribution >= 0.6 is 0 Å². The Kier molecular flexibility index (Phi) is 4.23. The second-order valence-corrected chi connectivity index (χ2v) is 1.21. The van der Waals surface area contributed by atoms with Gasteiger partial charge in [-0.05, 0) is 0 Å². The molecule has 0 bridgehead atoms. The zero-order valence-corrected chi connectivity index (χ0v) is 5.09. The summed E-state index contributed by atoms with van der Waals surface area (Å²) in [5.74, 6) is 0. The van der Waals surface area contributed by atoms with Crippen LogP contribution < -0.4 is 0 Å². The van der Waals surface area contributed by atoms with Crippen LogP contribution in [0.5, 0.6) is 0 Å². The molecule has 0 rings (SSSR count). The van der Waals surface area contributed by atoms with Crippen LogP contribution in [0.4, 0.5) is 4.79 Å². The highest BCUT2D eigenvalue weighted by Crippen LogP contribution is 1.83. The largest absolute Gasteiger partial charge is 0.508 e. The molecule has 0 amide bonds. The summed E-state index contributed by atoms with van der Waals surface area (Å²) in [5.41, 5.74) is 0. The van der Waals surface area contributed by atoms with E-state index in [1.807, 2.05) is 6.07 Å². The second-order valence-electron chi connectivity index (χ2n) is 1.21. The molecule has 0 aromatic carbocycles. The molecule has 0 heterocycles. The topological polar surface area (TPSA) is 59.3 Å². The molecule has 0 saturated heterocycles. The van der Waals surface area contributed by atoms with Gasteiger partial charge in [-0.2, -0.15) is 5.26 Å². The number of methoxy groups -OCH3 is 1. The maximum absolute atomic E-state index is 10.1. The van der Waals surface area contributed by atoms with Gasteiger partial charge in [0, 0.05) is 0 Å². The van der Waals surface area contributed by atoms with Gasteiger partial charge >= 0.3 is 6.16 Å². The van der Waals surface area contributed by atoms with Crippen LogP contribution in [-0.4, -0.2) is 19.9 Å². The molecule has 50 valence electrons. The quantitative estimate of drug-likeness (QED) is 0.406. The van der Waals surface area contributed by atoms with Crippen molar-refractivity contribution in [2.45, 2.75) is 6.42 Å². The first-order valence-corrected chi connectivity index (χ1v) is 2.39. The van der Waals surface area contributed by atoms with Gasteiger partial charge in [-0.1, -0.05) is 0 Å². The molecule has 0 aliphatic heterocycles. The molecule has 9 heavy (non-hydrogen) atoms. The van der Waals surface area contributed by atoms with E-state index in [1.165, 1.54) is 7.11 Å². The molecule has 4 heteroatoms. The first-order valence-electron chi connectivity index (χ1n) is 2.39. The molecule has 0 N–H and O–H groups in total. The maximum atomic E-state index is 10.1. The van der Waals surface area contributed by atoms with Gasteiger partial charge in [0.15, 0.2) is 0 Å². The summed E-state index contributed by atoms with van der Waals surface area (Å²) >= 11 is 0. The fraction of sp³-hybridized carbons (Fsp3) is 0.600. The van der Waals surface area contributed by atoms with E-state index in [4.69, 9.17) is 5.26 Å².